The lowest BCUT2D eigenvalue weighted by Gasteiger charge is -2.24. The molecule has 20 nitrogen and oxygen atoms in total. The molecule has 0 aliphatic heterocycles. The van der Waals surface area contributed by atoms with Crippen molar-refractivity contribution >= 4 is 39.5 Å². The maximum absolute atomic E-state index is 12.7. The molecule has 0 spiro atoms. The molecule has 0 bridgehead atoms. The smallest absolute Gasteiger partial charge is 0.462 e. The molecule has 570 valence electrons. The van der Waals surface area contributed by atoms with Crippen LogP contribution in [-0.2, 0) is 74.8 Å². The lowest BCUT2D eigenvalue weighted by Crippen LogP contribution is -2.37. The van der Waals surface area contributed by atoms with Crippen LogP contribution < -0.4 is 0 Å². The van der Waals surface area contributed by atoms with Crippen molar-refractivity contribution in [3.05, 3.63) is 0 Å². The van der Waals surface area contributed by atoms with Gasteiger partial charge in [0.1, 0.15) is 39.5 Å². The molecule has 0 saturated heterocycles. The van der Waals surface area contributed by atoms with E-state index < -0.39 is 53.0 Å². The van der Waals surface area contributed by atoms with Crippen LogP contribution in [0.15, 0.2) is 0 Å². The monoisotopic (exact) mass is 1420 g/mol. The van der Waals surface area contributed by atoms with E-state index in [1.165, 1.54) is 180 Å². The Balaban J connectivity index is 4.02. The number of hydrogen-bond donors (Lipinski definition) is 2. The van der Waals surface area contributed by atoms with Gasteiger partial charge in [-0.25, -0.2) is 9.13 Å². The van der Waals surface area contributed by atoms with Gasteiger partial charge in [-0.05, 0) is 38.5 Å². The molecule has 22 heteroatoms. The van der Waals surface area contributed by atoms with Crippen LogP contribution in [0.2, 0.25) is 0 Å². The van der Waals surface area contributed by atoms with E-state index in [2.05, 4.69) is 0 Å². The molecule has 4 atom stereocenters. The van der Waals surface area contributed by atoms with E-state index in [0.717, 1.165) is 116 Å². The summed E-state index contributed by atoms with van der Waals surface area (Å²) in [5.74, 6) is -1.66. The number of phosphoric acid groups is 2. The molecule has 0 aliphatic rings. The summed E-state index contributed by atoms with van der Waals surface area (Å²) in [6.07, 6.45) is 52.4. The fourth-order valence-corrected chi connectivity index (χ4v) is 12.7. The largest absolute Gasteiger partial charge is 0.472 e. The second kappa shape index (κ2) is 65.0. The third-order valence-electron chi connectivity index (χ3n) is 17.3. The van der Waals surface area contributed by atoms with Crippen molar-refractivity contribution in [1.82, 2.24) is 0 Å². The Hall–Kier alpha value is -2.06. The number of carbonyl (C=O) groups excluding carboxylic acids is 4. The zero-order valence-corrected chi connectivity index (χ0v) is 64.6. The summed E-state index contributed by atoms with van der Waals surface area (Å²) in [5.41, 5.74) is 0. The molecular formula is C74H148N2O18P2+2. The molecule has 0 aromatic rings. The molecule has 0 amide bonds. The van der Waals surface area contributed by atoms with Crippen LogP contribution >= 0.6 is 15.6 Å². The van der Waals surface area contributed by atoms with E-state index in [1.54, 1.807) is 14.2 Å². The van der Waals surface area contributed by atoms with Crippen molar-refractivity contribution in [1.29, 1.82) is 0 Å². The van der Waals surface area contributed by atoms with E-state index in [4.69, 9.17) is 46.5 Å². The van der Waals surface area contributed by atoms with Gasteiger partial charge in [-0.15, -0.1) is 0 Å². The van der Waals surface area contributed by atoms with E-state index >= 15 is 0 Å². The highest BCUT2D eigenvalue weighted by atomic mass is 31.2. The van der Waals surface area contributed by atoms with Crippen molar-refractivity contribution in [2.45, 2.75) is 333 Å². The molecule has 0 heterocycles. The summed E-state index contributed by atoms with van der Waals surface area (Å²) in [4.78, 5) is 71.3. The minimum Gasteiger partial charge on any atom is -0.462 e. The summed E-state index contributed by atoms with van der Waals surface area (Å²) in [6, 6.07) is 0. The molecule has 0 aromatic heterocycles. The van der Waals surface area contributed by atoms with Gasteiger partial charge >= 0.3 is 39.5 Å². The molecule has 0 aliphatic carbocycles. The predicted octanol–water partition coefficient (Wildman–Crippen LogP) is 18.4. The van der Waals surface area contributed by atoms with Gasteiger partial charge in [0.25, 0.3) is 0 Å². The third-order valence-corrected chi connectivity index (χ3v) is 19.3. The standard InChI is InChI=1S/C74H146N2O18P2/c1-75(2,3)59-63-89-95(81,82)91-67-69(93-73(79)57-51-45-39-33-29-35-41-47-53-61-85-7)65-87-71(77)55-49-43-37-31-27-25-23-21-19-17-15-13-11-9-10-12-14-16-18-20-22-24-26-28-32-38-44-50-56-72(78)88-66-70(68-92-96(83,84)90-64-60-76(4,5)6)94-74(80)58-52-46-40-34-30-36-42-48-54-62-86-8/h69-70H,9-68H2,1-8H3/p+2/t69-,70-/m1/s1. The van der Waals surface area contributed by atoms with Gasteiger partial charge in [-0.1, -0.05) is 257 Å². The van der Waals surface area contributed by atoms with Crippen molar-refractivity contribution in [2.24, 2.45) is 0 Å². The number of esters is 4. The third kappa shape index (κ3) is 71.8. The Kier molecular flexibility index (Phi) is 63.6. The van der Waals surface area contributed by atoms with Gasteiger partial charge in [-0.2, -0.15) is 0 Å². The maximum atomic E-state index is 12.7. The lowest BCUT2D eigenvalue weighted by molar-refractivity contribution is -0.870. The van der Waals surface area contributed by atoms with Crippen LogP contribution in [0.3, 0.4) is 0 Å². The number of ether oxygens (including phenoxy) is 6. The average Bonchev–Trinajstić information content (AvgIpc) is 1.41. The first-order valence-electron chi connectivity index (χ1n) is 38.6. The van der Waals surface area contributed by atoms with E-state index in [0.29, 0.717) is 34.9 Å². The SMILES string of the molecule is COCCCCCCCCCCCC(=O)O[C@H](COC(=O)CCCCCCCCCCCCCCCCCCCCCCCCCCCCCCC(=O)OC[C@H](COP(=O)(O)OCC[N+](C)(C)C)OC(=O)CCCCCCCCCCCOC)COP(=O)(O)OCC[N+](C)(C)C. The normalized spacial score (nSPS) is 13.9. The molecule has 2 N–H and O–H groups in total. The summed E-state index contributed by atoms with van der Waals surface area (Å²) < 4.78 is 79.2. The molecule has 0 aromatic carbocycles. The zero-order chi connectivity index (χ0) is 71.0. The number of phosphoric ester groups is 2. The van der Waals surface area contributed by atoms with Crippen molar-refractivity contribution in [3.8, 4) is 0 Å². The summed E-state index contributed by atoms with van der Waals surface area (Å²) >= 11 is 0. The molecule has 0 fully saturated rings. The Labute approximate surface area is 586 Å². The van der Waals surface area contributed by atoms with Crippen LogP contribution in [0.4, 0.5) is 0 Å². The molecular weight excluding hydrogens is 1270 g/mol. The first-order chi connectivity index (χ1) is 46.1. The van der Waals surface area contributed by atoms with Gasteiger partial charge in [0.2, 0.25) is 0 Å². The fourth-order valence-electron chi connectivity index (χ4n) is 11.2. The van der Waals surface area contributed by atoms with Crippen LogP contribution in [0.25, 0.3) is 0 Å². The van der Waals surface area contributed by atoms with E-state index in [-0.39, 0.29) is 64.0 Å². The van der Waals surface area contributed by atoms with Gasteiger partial charge in [0, 0.05) is 53.1 Å². The maximum Gasteiger partial charge on any atom is 0.472 e. The number of carbonyl (C=O) groups is 4. The average molecular weight is 1420 g/mol. The van der Waals surface area contributed by atoms with Crippen LogP contribution in [0.5, 0.6) is 0 Å². The first kappa shape index (κ1) is 93.9. The van der Waals surface area contributed by atoms with E-state index in [1.807, 2.05) is 42.3 Å². The number of nitrogens with zero attached hydrogens (tertiary/aromatic N) is 2. The van der Waals surface area contributed by atoms with Gasteiger partial charge in [0.05, 0.1) is 55.5 Å². The Morgan fingerprint density at radius 3 is 0.688 bits per heavy atom. The Morgan fingerprint density at radius 1 is 0.281 bits per heavy atom. The number of rotatable bonds is 75. The molecule has 0 radical (unpaired) electrons. The van der Waals surface area contributed by atoms with Crippen LogP contribution in [0, 0.1) is 0 Å². The van der Waals surface area contributed by atoms with Crippen molar-refractivity contribution in [3.63, 3.8) is 0 Å². The zero-order valence-electron chi connectivity index (χ0n) is 62.8. The number of unbranched alkanes of at least 4 members (excludes halogenated alkanes) is 43. The highest BCUT2D eigenvalue weighted by Crippen LogP contribution is 2.44. The number of hydrogen-bond acceptors (Lipinski definition) is 16. The van der Waals surface area contributed by atoms with Gasteiger partial charge in [0.15, 0.2) is 12.2 Å². The van der Waals surface area contributed by atoms with Gasteiger partial charge < -0.3 is 47.2 Å². The Morgan fingerprint density at radius 2 is 0.479 bits per heavy atom. The molecule has 96 heavy (non-hydrogen) atoms. The highest BCUT2D eigenvalue weighted by molar-refractivity contribution is 7.47. The summed E-state index contributed by atoms with van der Waals surface area (Å²) in [7, 11) is 6.33. The second-order valence-electron chi connectivity index (χ2n) is 29.1. The van der Waals surface area contributed by atoms with Crippen LogP contribution in [0.1, 0.15) is 321 Å². The van der Waals surface area contributed by atoms with Gasteiger partial charge in [-0.3, -0.25) is 37.3 Å². The van der Waals surface area contributed by atoms with Crippen molar-refractivity contribution in [2.75, 3.05) is 122 Å². The summed E-state index contributed by atoms with van der Waals surface area (Å²) in [6.45, 7) is 1.32. The number of methoxy groups -OCH3 is 2. The fraction of sp³-hybridized carbons (Fsp3) is 0.946. The van der Waals surface area contributed by atoms with Crippen LogP contribution in [-0.4, -0.2) is 177 Å². The lowest BCUT2D eigenvalue weighted by atomic mass is 10.0. The molecule has 2 unspecified atom stereocenters. The number of quaternary nitrogens is 2. The minimum absolute atomic E-state index is 0.0167. The van der Waals surface area contributed by atoms with Crippen molar-refractivity contribution < 1.29 is 93.6 Å². The highest BCUT2D eigenvalue weighted by Gasteiger charge is 2.29. The number of likely N-dealkylation sites (N-methyl/N-ethyl adjacent to an activating group) is 2. The summed E-state index contributed by atoms with van der Waals surface area (Å²) in [5, 5.41) is 0. The predicted molar refractivity (Wildman–Crippen MR) is 386 cm³/mol. The molecule has 0 rings (SSSR count). The molecule has 0 saturated carbocycles. The Bertz CT molecular complexity index is 1770. The second-order valence-corrected chi connectivity index (χ2v) is 32.0. The minimum atomic E-state index is -4.40. The topological polar surface area (TPSA) is 235 Å². The first-order valence-corrected chi connectivity index (χ1v) is 41.6. The quantitative estimate of drug-likeness (QED) is 0.0189. The van der Waals surface area contributed by atoms with E-state index in [9.17, 15) is 38.1 Å².